The van der Waals surface area contributed by atoms with Crippen molar-refractivity contribution < 1.29 is 23.9 Å². The van der Waals surface area contributed by atoms with Gasteiger partial charge in [0.25, 0.3) is 0 Å². The zero-order chi connectivity index (χ0) is 21.6. The van der Waals surface area contributed by atoms with E-state index >= 15 is 0 Å². The molecule has 6 nitrogen and oxygen atoms in total. The third-order valence-corrected chi connectivity index (χ3v) is 5.11. The molecule has 30 heavy (non-hydrogen) atoms. The lowest BCUT2D eigenvalue weighted by atomic mass is 10.2. The number of rotatable bonds is 12. The summed E-state index contributed by atoms with van der Waals surface area (Å²) in [5.74, 6) is 0.184. The Morgan fingerprint density at radius 2 is 1.37 bits per heavy atom. The molecular formula is C23H27NO5S. The number of carbonyl (C=O) groups is 3. The molecule has 7 heteroatoms. The summed E-state index contributed by atoms with van der Waals surface area (Å²) in [5.41, 5.74) is 1.84. The molecule has 0 fully saturated rings. The van der Waals surface area contributed by atoms with Crippen molar-refractivity contribution in [2.24, 2.45) is 0 Å². The number of thioether (sulfide) groups is 1. The van der Waals surface area contributed by atoms with Crippen LogP contribution in [0.1, 0.15) is 30.9 Å². The second kappa shape index (κ2) is 13.4. The molecule has 0 aliphatic carbocycles. The fourth-order valence-electron chi connectivity index (χ4n) is 2.46. The largest absolute Gasteiger partial charge is 0.461 e. The van der Waals surface area contributed by atoms with Crippen molar-refractivity contribution in [3.8, 4) is 0 Å². The Hall–Kier alpha value is -2.80. The maximum atomic E-state index is 12.0. The van der Waals surface area contributed by atoms with Gasteiger partial charge >= 0.3 is 11.9 Å². The van der Waals surface area contributed by atoms with Crippen molar-refractivity contribution in [3.63, 3.8) is 0 Å². The van der Waals surface area contributed by atoms with Crippen LogP contribution in [-0.4, -0.2) is 35.4 Å². The van der Waals surface area contributed by atoms with Crippen LogP contribution in [0.4, 0.5) is 0 Å². The predicted molar refractivity (Wildman–Crippen MR) is 117 cm³/mol. The van der Waals surface area contributed by atoms with E-state index in [0.717, 1.165) is 11.1 Å². The quantitative estimate of drug-likeness (QED) is 0.411. The van der Waals surface area contributed by atoms with Gasteiger partial charge in [0.15, 0.2) is 0 Å². The van der Waals surface area contributed by atoms with Crippen molar-refractivity contribution in [1.82, 2.24) is 5.32 Å². The predicted octanol–water partition coefficient (Wildman–Crippen LogP) is 3.49. The second-order valence-corrected chi connectivity index (χ2v) is 7.87. The molecular weight excluding hydrogens is 402 g/mol. The van der Waals surface area contributed by atoms with Crippen LogP contribution in [-0.2, 0) is 37.1 Å². The van der Waals surface area contributed by atoms with Gasteiger partial charge in [0.05, 0.1) is 6.42 Å². The van der Waals surface area contributed by atoms with Crippen LogP contribution >= 0.6 is 11.8 Å². The molecule has 0 radical (unpaired) electrons. The molecule has 0 saturated carbocycles. The lowest BCUT2D eigenvalue weighted by Crippen LogP contribution is -2.39. The second-order valence-electron chi connectivity index (χ2n) is 6.64. The summed E-state index contributed by atoms with van der Waals surface area (Å²) < 4.78 is 10.4. The Balaban J connectivity index is 1.51. The Bertz CT molecular complexity index is 798. The number of hydrogen-bond donors (Lipinski definition) is 1. The average Bonchev–Trinajstić information content (AvgIpc) is 2.77. The molecule has 0 saturated heterocycles. The van der Waals surface area contributed by atoms with Crippen molar-refractivity contribution in [1.29, 1.82) is 0 Å². The fraction of sp³-hybridized carbons (Fsp3) is 0.348. The van der Waals surface area contributed by atoms with Gasteiger partial charge in [-0.15, -0.1) is 0 Å². The first-order chi connectivity index (χ1) is 14.5. The first-order valence-corrected chi connectivity index (χ1v) is 11.0. The molecule has 2 aromatic rings. The van der Waals surface area contributed by atoms with E-state index in [1.54, 1.807) is 6.92 Å². The average molecular weight is 430 g/mol. The summed E-state index contributed by atoms with van der Waals surface area (Å²) in [5, 5.41) is 2.64. The molecule has 0 spiro atoms. The summed E-state index contributed by atoms with van der Waals surface area (Å²) in [6.45, 7) is 2.04. The summed E-state index contributed by atoms with van der Waals surface area (Å²) in [4.78, 5) is 35.7. The van der Waals surface area contributed by atoms with Crippen molar-refractivity contribution in [3.05, 3.63) is 71.8 Å². The third-order valence-electron chi connectivity index (χ3n) is 4.12. The van der Waals surface area contributed by atoms with E-state index in [1.807, 2.05) is 60.7 Å². The number of benzene rings is 2. The number of hydrogen-bond acceptors (Lipinski definition) is 6. The SMILES string of the molecule is C[C@@H](NC(=O)CCSCCC(=O)OCc1ccccc1)C(=O)OCc1ccccc1. The molecule has 0 bridgehead atoms. The minimum Gasteiger partial charge on any atom is -0.461 e. The minimum atomic E-state index is -0.709. The number of esters is 2. The van der Waals surface area contributed by atoms with Gasteiger partial charge in [-0.2, -0.15) is 11.8 Å². The van der Waals surface area contributed by atoms with Gasteiger partial charge in [-0.1, -0.05) is 60.7 Å². The summed E-state index contributed by atoms with van der Waals surface area (Å²) in [7, 11) is 0. The Morgan fingerprint density at radius 1 is 0.833 bits per heavy atom. The minimum absolute atomic E-state index is 0.177. The van der Waals surface area contributed by atoms with Crippen molar-refractivity contribution >= 4 is 29.6 Å². The van der Waals surface area contributed by atoms with Crippen LogP contribution in [0.15, 0.2) is 60.7 Å². The number of nitrogens with one attached hydrogen (secondary N) is 1. The Kier molecular flexibility index (Phi) is 10.5. The maximum Gasteiger partial charge on any atom is 0.328 e. The van der Waals surface area contributed by atoms with Crippen LogP contribution in [0.2, 0.25) is 0 Å². The zero-order valence-corrected chi connectivity index (χ0v) is 17.9. The number of ether oxygens (including phenoxy) is 2. The topological polar surface area (TPSA) is 81.7 Å². The summed E-state index contributed by atoms with van der Waals surface area (Å²) in [6.07, 6.45) is 0.557. The third kappa shape index (κ3) is 9.60. The Morgan fingerprint density at radius 3 is 1.97 bits per heavy atom. The molecule has 0 unspecified atom stereocenters. The molecule has 2 rings (SSSR count). The first kappa shape index (κ1) is 23.5. The van der Waals surface area contributed by atoms with Crippen molar-refractivity contribution in [2.45, 2.75) is 39.0 Å². The van der Waals surface area contributed by atoms with E-state index in [-0.39, 0.29) is 31.5 Å². The van der Waals surface area contributed by atoms with E-state index < -0.39 is 12.0 Å². The van der Waals surface area contributed by atoms with Crippen LogP contribution in [0.25, 0.3) is 0 Å². The van der Waals surface area contributed by atoms with Gasteiger partial charge in [-0.05, 0) is 18.1 Å². The van der Waals surface area contributed by atoms with Crippen LogP contribution < -0.4 is 5.32 Å². The number of amides is 1. The first-order valence-electron chi connectivity index (χ1n) is 9.82. The molecule has 0 aromatic heterocycles. The molecule has 1 amide bonds. The highest BCUT2D eigenvalue weighted by atomic mass is 32.2. The van der Waals surface area contributed by atoms with Crippen LogP contribution in [0, 0.1) is 0 Å². The highest BCUT2D eigenvalue weighted by molar-refractivity contribution is 7.99. The summed E-state index contributed by atoms with van der Waals surface area (Å²) >= 11 is 1.50. The van der Waals surface area contributed by atoms with Crippen molar-refractivity contribution in [2.75, 3.05) is 11.5 Å². The molecule has 2 aromatic carbocycles. The van der Waals surface area contributed by atoms with Gasteiger partial charge in [-0.25, -0.2) is 4.79 Å². The molecule has 0 heterocycles. The number of carbonyl (C=O) groups excluding carboxylic acids is 3. The normalized spacial score (nSPS) is 11.4. The summed E-state index contributed by atoms with van der Waals surface area (Å²) in [6, 6.07) is 18.2. The van der Waals surface area contributed by atoms with E-state index in [4.69, 9.17) is 9.47 Å². The van der Waals surface area contributed by atoms with Crippen LogP contribution in [0.3, 0.4) is 0 Å². The highest BCUT2D eigenvalue weighted by Gasteiger charge is 2.17. The van der Waals surface area contributed by atoms with E-state index in [2.05, 4.69) is 5.32 Å². The van der Waals surface area contributed by atoms with Crippen LogP contribution in [0.5, 0.6) is 0 Å². The van der Waals surface area contributed by atoms with Gasteiger partial charge in [-0.3, -0.25) is 9.59 Å². The van der Waals surface area contributed by atoms with E-state index in [1.165, 1.54) is 11.8 Å². The van der Waals surface area contributed by atoms with E-state index in [0.29, 0.717) is 17.9 Å². The molecule has 1 N–H and O–H groups in total. The monoisotopic (exact) mass is 429 g/mol. The lowest BCUT2D eigenvalue weighted by Gasteiger charge is -2.13. The lowest BCUT2D eigenvalue weighted by molar-refractivity contribution is -0.148. The van der Waals surface area contributed by atoms with Gasteiger partial charge < -0.3 is 14.8 Å². The van der Waals surface area contributed by atoms with E-state index in [9.17, 15) is 14.4 Å². The van der Waals surface area contributed by atoms with Gasteiger partial charge in [0.1, 0.15) is 19.3 Å². The smallest absolute Gasteiger partial charge is 0.328 e. The molecule has 0 aliphatic heterocycles. The molecule has 0 aliphatic rings. The van der Waals surface area contributed by atoms with Gasteiger partial charge in [0, 0.05) is 17.9 Å². The van der Waals surface area contributed by atoms with Gasteiger partial charge in [0.2, 0.25) is 5.91 Å². The maximum absolute atomic E-state index is 12.0. The standard InChI is InChI=1S/C23H27NO5S/c1-18(23(27)29-17-20-10-6-3-7-11-20)24-21(25)12-14-30-15-13-22(26)28-16-19-8-4-2-5-9-19/h2-11,18H,12-17H2,1H3,(H,24,25)/t18-/m1/s1. The Labute approximate surface area is 181 Å². The molecule has 160 valence electrons. The molecule has 1 atom stereocenters. The highest BCUT2D eigenvalue weighted by Crippen LogP contribution is 2.08. The zero-order valence-electron chi connectivity index (χ0n) is 17.0. The fourth-order valence-corrected chi connectivity index (χ4v) is 3.30.